The van der Waals surface area contributed by atoms with E-state index in [9.17, 15) is 14.4 Å². The second kappa shape index (κ2) is 6.09. The summed E-state index contributed by atoms with van der Waals surface area (Å²) in [5, 5.41) is 3.12. The minimum absolute atomic E-state index is 0.205. The predicted octanol–water partition coefficient (Wildman–Crippen LogP) is 1.30. The fourth-order valence-corrected chi connectivity index (χ4v) is 2.96. The Bertz CT molecular complexity index is 734. The molecule has 0 unspecified atom stereocenters. The Kier molecular flexibility index (Phi) is 4.42. The monoisotopic (exact) mass is 308 g/mol. The second-order valence-electron chi connectivity index (χ2n) is 4.65. The standard InChI is InChI=1S/C14H16N2O4S/c1-8(14(19)20-3)15-12(17)9(2)16-13(18)10-6-4-5-7-11(10)21-16/h4-9H,1-3H3,(H,15,17)/t8-,9-/m0/s1. The topological polar surface area (TPSA) is 77.4 Å². The highest BCUT2D eigenvalue weighted by molar-refractivity contribution is 7.14. The third-order valence-electron chi connectivity index (χ3n) is 3.16. The molecule has 112 valence electrons. The summed E-state index contributed by atoms with van der Waals surface area (Å²) in [6.45, 7) is 3.15. The summed E-state index contributed by atoms with van der Waals surface area (Å²) >= 11 is 1.23. The Morgan fingerprint density at radius 1 is 1.29 bits per heavy atom. The number of nitrogens with one attached hydrogen (secondary N) is 1. The Hall–Kier alpha value is -2.15. The van der Waals surface area contributed by atoms with Gasteiger partial charge in [0, 0.05) is 0 Å². The molecule has 6 nitrogen and oxygen atoms in total. The van der Waals surface area contributed by atoms with E-state index in [1.807, 2.05) is 12.1 Å². The third-order valence-corrected chi connectivity index (χ3v) is 4.39. The molecule has 0 bridgehead atoms. The third kappa shape index (κ3) is 2.97. The van der Waals surface area contributed by atoms with Gasteiger partial charge in [0.15, 0.2) is 0 Å². The van der Waals surface area contributed by atoms with E-state index in [0.717, 1.165) is 4.70 Å². The molecule has 21 heavy (non-hydrogen) atoms. The summed E-state index contributed by atoms with van der Waals surface area (Å²) < 4.78 is 6.78. The summed E-state index contributed by atoms with van der Waals surface area (Å²) in [7, 11) is 1.25. The van der Waals surface area contributed by atoms with E-state index >= 15 is 0 Å². The normalized spacial score (nSPS) is 13.7. The molecule has 2 rings (SSSR count). The van der Waals surface area contributed by atoms with Crippen LogP contribution in [0, 0.1) is 0 Å². The number of hydrogen-bond donors (Lipinski definition) is 1. The van der Waals surface area contributed by atoms with Gasteiger partial charge in [0.1, 0.15) is 12.1 Å². The molecule has 1 N–H and O–H groups in total. The van der Waals surface area contributed by atoms with Crippen LogP contribution in [0.3, 0.4) is 0 Å². The van der Waals surface area contributed by atoms with Crippen molar-refractivity contribution in [3.8, 4) is 0 Å². The molecule has 1 heterocycles. The van der Waals surface area contributed by atoms with E-state index in [-0.39, 0.29) is 5.56 Å². The zero-order valence-electron chi connectivity index (χ0n) is 12.0. The van der Waals surface area contributed by atoms with Gasteiger partial charge in [0.25, 0.3) is 5.56 Å². The molecule has 0 aliphatic heterocycles. The van der Waals surface area contributed by atoms with Gasteiger partial charge in [-0.25, -0.2) is 4.79 Å². The SMILES string of the molecule is COC(=O)[C@H](C)NC(=O)[C@H](C)n1sc2ccccc2c1=O. The Morgan fingerprint density at radius 3 is 2.57 bits per heavy atom. The minimum atomic E-state index is -0.755. The molecule has 0 spiro atoms. The molecule has 1 aromatic heterocycles. The Balaban J connectivity index is 2.24. The van der Waals surface area contributed by atoms with Gasteiger partial charge < -0.3 is 10.1 Å². The van der Waals surface area contributed by atoms with Gasteiger partial charge in [-0.05, 0) is 26.0 Å². The van der Waals surface area contributed by atoms with Crippen molar-refractivity contribution in [3.63, 3.8) is 0 Å². The molecule has 7 heteroatoms. The number of amides is 1. The van der Waals surface area contributed by atoms with Gasteiger partial charge in [-0.3, -0.25) is 13.5 Å². The zero-order valence-corrected chi connectivity index (χ0v) is 12.8. The molecule has 0 aliphatic rings. The molecule has 0 aliphatic carbocycles. The van der Waals surface area contributed by atoms with Crippen LogP contribution in [0.1, 0.15) is 19.9 Å². The molecular weight excluding hydrogens is 292 g/mol. The fraction of sp³-hybridized carbons (Fsp3) is 0.357. The van der Waals surface area contributed by atoms with Crippen molar-refractivity contribution in [3.05, 3.63) is 34.6 Å². The van der Waals surface area contributed by atoms with Crippen LogP contribution in [0.15, 0.2) is 29.1 Å². The number of nitrogens with zero attached hydrogens (tertiary/aromatic N) is 1. The van der Waals surface area contributed by atoms with Crippen LogP contribution in [0.2, 0.25) is 0 Å². The highest BCUT2D eigenvalue weighted by Gasteiger charge is 2.23. The number of carbonyl (C=O) groups excluding carboxylic acids is 2. The zero-order chi connectivity index (χ0) is 15.6. The summed E-state index contributed by atoms with van der Waals surface area (Å²) in [6.07, 6.45) is 0. The number of methoxy groups -OCH3 is 1. The van der Waals surface area contributed by atoms with Crippen LogP contribution in [0.5, 0.6) is 0 Å². The van der Waals surface area contributed by atoms with E-state index in [2.05, 4.69) is 10.1 Å². The lowest BCUT2D eigenvalue weighted by Crippen LogP contribution is -2.43. The summed E-state index contributed by atoms with van der Waals surface area (Å²) in [5.41, 5.74) is -0.205. The lowest BCUT2D eigenvalue weighted by molar-refractivity contribution is -0.144. The largest absolute Gasteiger partial charge is 0.467 e. The van der Waals surface area contributed by atoms with Crippen LogP contribution >= 0.6 is 11.5 Å². The maximum atomic E-state index is 12.3. The number of fused-ring (bicyclic) bond motifs is 1. The van der Waals surface area contributed by atoms with Crippen LogP contribution in [-0.4, -0.2) is 29.0 Å². The molecule has 1 amide bonds. The molecule has 0 saturated carbocycles. The van der Waals surface area contributed by atoms with Crippen molar-refractivity contribution >= 4 is 33.5 Å². The van der Waals surface area contributed by atoms with Crippen molar-refractivity contribution < 1.29 is 14.3 Å². The number of rotatable bonds is 4. The van der Waals surface area contributed by atoms with Gasteiger partial charge in [0.2, 0.25) is 5.91 Å². The molecular formula is C14H16N2O4S. The van der Waals surface area contributed by atoms with Crippen LogP contribution in [0.4, 0.5) is 0 Å². The van der Waals surface area contributed by atoms with E-state index in [1.165, 1.54) is 29.5 Å². The van der Waals surface area contributed by atoms with Gasteiger partial charge >= 0.3 is 5.97 Å². The van der Waals surface area contributed by atoms with E-state index < -0.39 is 24.0 Å². The van der Waals surface area contributed by atoms with Gasteiger partial charge in [-0.1, -0.05) is 23.7 Å². The number of hydrogen-bond acceptors (Lipinski definition) is 5. The minimum Gasteiger partial charge on any atom is -0.467 e. The van der Waals surface area contributed by atoms with Crippen molar-refractivity contribution in [2.75, 3.05) is 7.11 Å². The number of benzene rings is 1. The first-order chi connectivity index (χ1) is 9.95. The molecule has 1 aromatic carbocycles. The Morgan fingerprint density at radius 2 is 1.95 bits per heavy atom. The van der Waals surface area contributed by atoms with Gasteiger partial charge in [0.05, 0.1) is 17.2 Å². The average Bonchev–Trinajstić information content (AvgIpc) is 2.83. The van der Waals surface area contributed by atoms with Crippen LogP contribution in [-0.2, 0) is 14.3 Å². The lowest BCUT2D eigenvalue weighted by atomic mass is 10.2. The first-order valence-electron chi connectivity index (χ1n) is 6.44. The summed E-state index contributed by atoms with van der Waals surface area (Å²) in [5.74, 6) is -0.930. The van der Waals surface area contributed by atoms with E-state index in [1.54, 1.807) is 19.1 Å². The van der Waals surface area contributed by atoms with Gasteiger partial charge in [-0.15, -0.1) is 0 Å². The van der Waals surface area contributed by atoms with E-state index in [4.69, 9.17) is 0 Å². The molecule has 0 saturated heterocycles. The number of esters is 1. The Labute approximate surface area is 125 Å². The second-order valence-corrected chi connectivity index (χ2v) is 5.66. The predicted molar refractivity (Wildman–Crippen MR) is 80.4 cm³/mol. The molecule has 0 radical (unpaired) electrons. The van der Waals surface area contributed by atoms with Crippen molar-refractivity contribution in [2.45, 2.75) is 25.9 Å². The maximum absolute atomic E-state index is 12.3. The quantitative estimate of drug-likeness (QED) is 0.864. The summed E-state index contributed by atoms with van der Waals surface area (Å²) in [6, 6.07) is 5.74. The first-order valence-corrected chi connectivity index (χ1v) is 7.21. The maximum Gasteiger partial charge on any atom is 0.328 e. The van der Waals surface area contributed by atoms with Crippen molar-refractivity contribution in [1.82, 2.24) is 9.27 Å². The smallest absolute Gasteiger partial charge is 0.328 e. The van der Waals surface area contributed by atoms with E-state index in [0.29, 0.717) is 5.39 Å². The average molecular weight is 308 g/mol. The summed E-state index contributed by atoms with van der Waals surface area (Å²) in [4.78, 5) is 35.7. The van der Waals surface area contributed by atoms with Gasteiger partial charge in [-0.2, -0.15) is 0 Å². The fourth-order valence-electron chi connectivity index (χ4n) is 1.92. The van der Waals surface area contributed by atoms with Crippen molar-refractivity contribution in [2.24, 2.45) is 0 Å². The number of carbonyl (C=O) groups is 2. The highest BCUT2D eigenvalue weighted by atomic mass is 32.1. The highest BCUT2D eigenvalue weighted by Crippen LogP contribution is 2.19. The molecule has 2 aromatic rings. The first kappa shape index (κ1) is 15.2. The van der Waals surface area contributed by atoms with Crippen LogP contribution < -0.4 is 10.9 Å². The number of aromatic nitrogens is 1. The van der Waals surface area contributed by atoms with Crippen LogP contribution in [0.25, 0.3) is 10.1 Å². The number of ether oxygens (including phenoxy) is 1. The lowest BCUT2D eigenvalue weighted by Gasteiger charge is -2.15. The molecule has 0 fully saturated rings. The molecule has 2 atom stereocenters. The van der Waals surface area contributed by atoms with Crippen molar-refractivity contribution in [1.29, 1.82) is 0 Å².